The number of nitrogens with one attached hydrogen (secondary N) is 1. The minimum absolute atomic E-state index is 0.0998. The molecule has 0 amide bonds. The largest absolute Gasteiger partial charge is 0.389 e. The van der Waals surface area contributed by atoms with Gasteiger partial charge in [-0.05, 0) is 55.6 Å². The molecule has 2 nitrogen and oxygen atoms in total. The Kier molecular flexibility index (Phi) is 4.11. The molecule has 1 saturated heterocycles. The first-order valence-electron chi connectivity index (χ1n) is 7.24. The fourth-order valence-electron chi connectivity index (χ4n) is 3.33. The minimum Gasteiger partial charge on any atom is -0.389 e. The van der Waals surface area contributed by atoms with Gasteiger partial charge in [0.05, 0.1) is 6.10 Å². The molecule has 1 unspecified atom stereocenters. The van der Waals surface area contributed by atoms with Gasteiger partial charge in [-0.15, -0.1) is 0 Å². The number of aliphatic hydroxyl groups is 1. The molecule has 2 N–H and O–H groups in total. The van der Waals surface area contributed by atoms with Gasteiger partial charge in [0.15, 0.2) is 0 Å². The van der Waals surface area contributed by atoms with Gasteiger partial charge in [0.2, 0.25) is 0 Å². The molecule has 0 bridgehead atoms. The highest BCUT2D eigenvalue weighted by molar-refractivity contribution is 9.10. The van der Waals surface area contributed by atoms with E-state index in [9.17, 15) is 5.11 Å². The second-order valence-electron chi connectivity index (χ2n) is 5.66. The summed E-state index contributed by atoms with van der Waals surface area (Å²) < 4.78 is 1.12. The Morgan fingerprint density at radius 2 is 1.85 bits per heavy atom. The van der Waals surface area contributed by atoms with E-state index in [2.05, 4.69) is 57.7 Å². The summed E-state index contributed by atoms with van der Waals surface area (Å²) in [5.74, 6) is 0. The first-order valence-corrected chi connectivity index (χ1v) is 8.04. The van der Waals surface area contributed by atoms with Gasteiger partial charge in [-0.2, -0.15) is 0 Å². The predicted octanol–water partition coefficient (Wildman–Crippen LogP) is 3.32. The number of halogens is 1. The standard InChI is InChI=1S/C17H20BrNO/c18-15-5-1-13(2-6-15)17(9-11-19-12-10-17)14-3-7-16(20)8-4-14/h1-7,16,19-20H,8-12H2. The zero-order valence-electron chi connectivity index (χ0n) is 11.5. The summed E-state index contributed by atoms with van der Waals surface area (Å²) in [4.78, 5) is 0. The number of hydrogen-bond acceptors (Lipinski definition) is 2. The van der Waals surface area contributed by atoms with E-state index in [1.165, 1.54) is 11.1 Å². The maximum absolute atomic E-state index is 9.67. The number of hydrogen-bond donors (Lipinski definition) is 2. The maximum atomic E-state index is 9.67. The number of aliphatic hydroxyl groups excluding tert-OH is 1. The SMILES string of the molecule is OC1C=CC(C2(c3ccc(Br)cc3)CCNCC2)=CC1. The Labute approximate surface area is 128 Å². The lowest BCUT2D eigenvalue weighted by molar-refractivity contribution is 0.223. The van der Waals surface area contributed by atoms with Crippen molar-refractivity contribution in [2.75, 3.05) is 13.1 Å². The van der Waals surface area contributed by atoms with E-state index in [0.29, 0.717) is 0 Å². The van der Waals surface area contributed by atoms with Crippen molar-refractivity contribution in [2.24, 2.45) is 0 Å². The van der Waals surface area contributed by atoms with Crippen LogP contribution in [-0.4, -0.2) is 24.3 Å². The van der Waals surface area contributed by atoms with Crippen molar-refractivity contribution in [3.8, 4) is 0 Å². The third kappa shape index (κ3) is 2.62. The van der Waals surface area contributed by atoms with Gasteiger partial charge in [-0.3, -0.25) is 0 Å². The summed E-state index contributed by atoms with van der Waals surface area (Å²) in [5, 5.41) is 13.1. The summed E-state index contributed by atoms with van der Waals surface area (Å²) in [6.07, 6.45) is 8.92. The lowest BCUT2D eigenvalue weighted by Gasteiger charge is -2.40. The Balaban J connectivity index is 2.00. The summed E-state index contributed by atoms with van der Waals surface area (Å²) >= 11 is 3.52. The molecule has 1 aromatic rings. The van der Waals surface area contributed by atoms with Crippen molar-refractivity contribution in [2.45, 2.75) is 30.8 Å². The van der Waals surface area contributed by atoms with Crippen LogP contribution in [0, 0.1) is 0 Å². The van der Waals surface area contributed by atoms with E-state index in [0.717, 1.165) is 36.8 Å². The van der Waals surface area contributed by atoms with Crippen LogP contribution in [0.4, 0.5) is 0 Å². The van der Waals surface area contributed by atoms with Gasteiger partial charge in [-0.1, -0.05) is 46.3 Å². The normalized spacial score (nSPS) is 25.3. The lowest BCUT2D eigenvalue weighted by Crippen LogP contribution is -2.41. The predicted molar refractivity (Wildman–Crippen MR) is 85.8 cm³/mol. The van der Waals surface area contributed by atoms with Crippen LogP contribution in [0.2, 0.25) is 0 Å². The van der Waals surface area contributed by atoms with Gasteiger partial charge in [-0.25, -0.2) is 0 Å². The zero-order valence-corrected chi connectivity index (χ0v) is 13.1. The van der Waals surface area contributed by atoms with E-state index < -0.39 is 0 Å². The molecule has 1 fully saturated rings. The molecule has 0 saturated carbocycles. The van der Waals surface area contributed by atoms with Crippen LogP contribution in [-0.2, 0) is 5.41 Å². The highest BCUT2D eigenvalue weighted by Gasteiger charge is 2.36. The molecule has 1 aliphatic carbocycles. The van der Waals surface area contributed by atoms with E-state index in [4.69, 9.17) is 0 Å². The third-order valence-electron chi connectivity index (χ3n) is 4.48. The first-order chi connectivity index (χ1) is 9.71. The second-order valence-corrected chi connectivity index (χ2v) is 6.58. The molecule has 1 heterocycles. The molecule has 1 aliphatic heterocycles. The van der Waals surface area contributed by atoms with Crippen LogP contribution in [0.3, 0.4) is 0 Å². The van der Waals surface area contributed by atoms with Crippen molar-refractivity contribution >= 4 is 15.9 Å². The molecule has 1 atom stereocenters. The Hall–Kier alpha value is -0.900. The molecule has 1 aromatic carbocycles. The smallest absolute Gasteiger partial charge is 0.0758 e. The Bertz CT molecular complexity index is 526. The molecule has 2 aliphatic rings. The van der Waals surface area contributed by atoms with E-state index in [1.807, 2.05) is 6.08 Å². The maximum Gasteiger partial charge on any atom is 0.0758 e. The average Bonchev–Trinajstić information content (AvgIpc) is 2.49. The summed E-state index contributed by atoms with van der Waals surface area (Å²) in [6.45, 7) is 2.09. The fourth-order valence-corrected chi connectivity index (χ4v) is 3.59. The number of piperidine rings is 1. The van der Waals surface area contributed by atoms with E-state index in [-0.39, 0.29) is 11.5 Å². The van der Waals surface area contributed by atoms with Gasteiger partial charge in [0.1, 0.15) is 0 Å². The van der Waals surface area contributed by atoms with Crippen molar-refractivity contribution in [3.05, 3.63) is 58.1 Å². The van der Waals surface area contributed by atoms with Crippen molar-refractivity contribution in [1.82, 2.24) is 5.32 Å². The highest BCUT2D eigenvalue weighted by atomic mass is 79.9. The molecule has 106 valence electrons. The molecule has 0 radical (unpaired) electrons. The van der Waals surface area contributed by atoms with Crippen LogP contribution >= 0.6 is 15.9 Å². The molecule has 20 heavy (non-hydrogen) atoms. The third-order valence-corrected chi connectivity index (χ3v) is 5.01. The van der Waals surface area contributed by atoms with Gasteiger partial charge >= 0.3 is 0 Å². The highest BCUT2D eigenvalue weighted by Crippen LogP contribution is 2.42. The summed E-state index contributed by atoms with van der Waals surface area (Å²) in [6, 6.07) is 8.71. The minimum atomic E-state index is -0.317. The first kappa shape index (κ1) is 14.1. The summed E-state index contributed by atoms with van der Waals surface area (Å²) in [7, 11) is 0. The van der Waals surface area contributed by atoms with E-state index in [1.54, 1.807) is 0 Å². The lowest BCUT2D eigenvalue weighted by atomic mass is 9.67. The molecule has 0 aromatic heterocycles. The van der Waals surface area contributed by atoms with Crippen LogP contribution < -0.4 is 5.32 Å². The fraction of sp³-hybridized carbons (Fsp3) is 0.412. The molecule has 3 rings (SSSR count). The van der Waals surface area contributed by atoms with Gasteiger partial charge in [0.25, 0.3) is 0 Å². The average molecular weight is 334 g/mol. The van der Waals surface area contributed by atoms with Gasteiger partial charge < -0.3 is 10.4 Å². The van der Waals surface area contributed by atoms with Gasteiger partial charge in [0, 0.05) is 9.89 Å². The number of allylic oxidation sites excluding steroid dienone is 2. The van der Waals surface area contributed by atoms with Crippen LogP contribution in [0.25, 0.3) is 0 Å². The Morgan fingerprint density at radius 1 is 1.15 bits per heavy atom. The molecule has 3 heteroatoms. The molecular formula is C17H20BrNO. The van der Waals surface area contributed by atoms with Crippen LogP contribution in [0.5, 0.6) is 0 Å². The zero-order chi connectivity index (χ0) is 14.0. The molecular weight excluding hydrogens is 314 g/mol. The van der Waals surface area contributed by atoms with Crippen molar-refractivity contribution in [1.29, 1.82) is 0 Å². The van der Waals surface area contributed by atoms with E-state index >= 15 is 0 Å². The number of benzene rings is 1. The van der Waals surface area contributed by atoms with Crippen LogP contribution in [0.15, 0.2) is 52.5 Å². The number of rotatable bonds is 2. The van der Waals surface area contributed by atoms with Crippen LogP contribution in [0.1, 0.15) is 24.8 Å². The quantitative estimate of drug-likeness (QED) is 0.870. The molecule has 0 spiro atoms. The topological polar surface area (TPSA) is 32.3 Å². The monoisotopic (exact) mass is 333 g/mol. The summed E-state index contributed by atoms with van der Waals surface area (Å²) in [5.41, 5.74) is 2.85. The second kappa shape index (κ2) is 5.84. The Morgan fingerprint density at radius 3 is 2.45 bits per heavy atom. The van der Waals surface area contributed by atoms with Crippen molar-refractivity contribution < 1.29 is 5.11 Å². The van der Waals surface area contributed by atoms with Crippen molar-refractivity contribution in [3.63, 3.8) is 0 Å².